The fourth-order valence-electron chi connectivity index (χ4n) is 3.64. The van der Waals surface area contributed by atoms with E-state index in [0.717, 1.165) is 16.3 Å². The lowest BCUT2D eigenvalue weighted by atomic mass is 9.87. The molecule has 3 aromatic rings. The number of nitrogens with zero attached hydrogens (tertiary/aromatic N) is 1. The Balaban J connectivity index is 2.11. The van der Waals surface area contributed by atoms with Crippen molar-refractivity contribution in [2.45, 2.75) is 13.0 Å². The average Bonchev–Trinajstić information content (AvgIpc) is 2.72. The molecule has 0 fully saturated rings. The summed E-state index contributed by atoms with van der Waals surface area (Å²) in [5, 5.41) is 11.5. The Morgan fingerprint density at radius 3 is 2.59 bits per heavy atom. The molecule has 1 heterocycles. The molecule has 0 bridgehead atoms. The van der Waals surface area contributed by atoms with Crippen molar-refractivity contribution in [2.75, 3.05) is 6.61 Å². The predicted molar refractivity (Wildman–Crippen MR) is 112 cm³/mol. The Morgan fingerprint density at radius 2 is 1.86 bits per heavy atom. The number of ether oxygens (including phenoxy) is 1. The summed E-state index contributed by atoms with van der Waals surface area (Å²) >= 11 is 0. The molecule has 1 atom stereocenters. The van der Waals surface area contributed by atoms with Crippen molar-refractivity contribution >= 4 is 39.7 Å². The smallest absolute Gasteiger partial charge is 0.352 e. The number of carbonyl (C=O) groups is 1. The van der Waals surface area contributed by atoms with E-state index in [1.54, 1.807) is 6.07 Å². The zero-order valence-electron chi connectivity index (χ0n) is 15.7. The fourth-order valence-corrected chi connectivity index (χ4v) is 3.64. The van der Waals surface area contributed by atoms with Crippen molar-refractivity contribution in [2.24, 2.45) is 10.7 Å². The summed E-state index contributed by atoms with van der Waals surface area (Å²) in [6, 6.07) is 16.0. The van der Waals surface area contributed by atoms with Crippen LogP contribution in [0.2, 0.25) is 0 Å². The van der Waals surface area contributed by atoms with E-state index in [9.17, 15) is 14.7 Å². The second kappa shape index (κ2) is 7.36. The molecular formula is C23H18N2O4. The Morgan fingerprint density at radius 1 is 1.14 bits per heavy atom. The topological polar surface area (TPSA) is 102 Å². The number of hydrogen-bond donors (Lipinski definition) is 2. The lowest BCUT2D eigenvalue weighted by molar-refractivity contribution is -0.129. The molecular weight excluding hydrogens is 368 g/mol. The van der Waals surface area contributed by atoms with E-state index < -0.39 is 12.0 Å². The van der Waals surface area contributed by atoms with Gasteiger partial charge in [-0.15, -0.1) is 0 Å². The van der Waals surface area contributed by atoms with Crippen molar-refractivity contribution < 1.29 is 19.4 Å². The van der Waals surface area contributed by atoms with Gasteiger partial charge in [-0.05, 0) is 35.4 Å². The number of aliphatic imine (C=N–C) groups is 1. The molecule has 0 saturated heterocycles. The normalized spacial score (nSPS) is 15.4. The minimum Gasteiger partial charge on any atom is -0.494 e. The van der Waals surface area contributed by atoms with Gasteiger partial charge >= 0.3 is 5.97 Å². The molecule has 0 amide bonds. The van der Waals surface area contributed by atoms with Crippen LogP contribution < -0.4 is 10.5 Å². The molecule has 6 heteroatoms. The van der Waals surface area contributed by atoms with Crippen LogP contribution in [0.3, 0.4) is 0 Å². The van der Waals surface area contributed by atoms with Crippen LogP contribution in [0.1, 0.15) is 12.5 Å². The SMILES string of the molecule is CCOc1cc2c(c(-c3cccc4ccccc34)c1)N=C(C(=O)O)C(N)C2=C=O. The third-order valence-electron chi connectivity index (χ3n) is 4.93. The highest BCUT2D eigenvalue weighted by molar-refractivity contribution is 6.42. The van der Waals surface area contributed by atoms with Gasteiger partial charge in [0.05, 0.1) is 23.9 Å². The number of benzene rings is 3. The Bertz CT molecular complexity index is 1220. The molecule has 0 spiro atoms. The zero-order valence-corrected chi connectivity index (χ0v) is 15.7. The van der Waals surface area contributed by atoms with E-state index in [-0.39, 0.29) is 11.3 Å². The second-order valence-electron chi connectivity index (χ2n) is 6.62. The van der Waals surface area contributed by atoms with Crippen LogP contribution >= 0.6 is 0 Å². The van der Waals surface area contributed by atoms with E-state index >= 15 is 0 Å². The highest BCUT2D eigenvalue weighted by Crippen LogP contribution is 2.44. The van der Waals surface area contributed by atoms with E-state index in [1.807, 2.05) is 61.4 Å². The summed E-state index contributed by atoms with van der Waals surface area (Å²) in [5.74, 6) is 1.10. The Hall–Kier alpha value is -3.73. The van der Waals surface area contributed by atoms with E-state index in [2.05, 4.69) is 4.99 Å². The standard InChI is InChI=1S/C23H18N2O4/c1-2-29-14-10-17(16-9-5-7-13-6-3-4-8-15(13)16)21-18(11-14)19(12-26)20(24)22(25-21)23(27)28/h3-11,20H,2,24H2,1H3,(H,27,28). The minimum absolute atomic E-state index is 0.0513. The number of rotatable bonds is 4. The Kier molecular flexibility index (Phi) is 4.72. The summed E-state index contributed by atoms with van der Waals surface area (Å²) in [4.78, 5) is 27.7. The largest absolute Gasteiger partial charge is 0.494 e. The van der Waals surface area contributed by atoms with Crippen molar-refractivity contribution in [3.63, 3.8) is 0 Å². The molecule has 0 aliphatic carbocycles. The Labute approximate surface area is 166 Å². The van der Waals surface area contributed by atoms with Gasteiger partial charge in [0, 0.05) is 11.1 Å². The van der Waals surface area contributed by atoms with E-state index in [4.69, 9.17) is 10.5 Å². The van der Waals surface area contributed by atoms with Crippen LogP contribution in [0.15, 0.2) is 59.6 Å². The van der Waals surface area contributed by atoms with Crippen molar-refractivity contribution in [3.05, 3.63) is 60.2 Å². The number of aliphatic carboxylic acids is 1. The maximum absolute atomic E-state index is 11.7. The lowest BCUT2D eigenvalue weighted by Crippen LogP contribution is -2.39. The number of carboxylic acid groups (broad SMARTS) is 1. The maximum atomic E-state index is 11.7. The summed E-state index contributed by atoms with van der Waals surface area (Å²) < 4.78 is 5.70. The fraction of sp³-hybridized carbons (Fsp3) is 0.130. The summed E-state index contributed by atoms with van der Waals surface area (Å²) in [7, 11) is 0. The molecule has 144 valence electrons. The first-order valence-electron chi connectivity index (χ1n) is 9.17. The number of fused-ring (bicyclic) bond motifs is 2. The molecule has 0 radical (unpaired) electrons. The van der Waals surface area contributed by atoms with Gasteiger partial charge in [0.25, 0.3) is 0 Å². The van der Waals surface area contributed by atoms with Gasteiger partial charge in [0.1, 0.15) is 17.4 Å². The van der Waals surface area contributed by atoms with Crippen LogP contribution in [0.5, 0.6) is 5.75 Å². The number of nitrogens with two attached hydrogens (primary N) is 1. The molecule has 6 nitrogen and oxygen atoms in total. The van der Waals surface area contributed by atoms with Crippen molar-refractivity contribution in [1.82, 2.24) is 0 Å². The first kappa shape index (κ1) is 18.6. The van der Waals surface area contributed by atoms with Crippen molar-refractivity contribution in [1.29, 1.82) is 0 Å². The lowest BCUT2D eigenvalue weighted by Gasteiger charge is -2.24. The van der Waals surface area contributed by atoms with Gasteiger partial charge in [-0.1, -0.05) is 42.5 Å². The predicted octanol–water partition coefficient (Wildman–Crippen LogP) is 3.62. The van der Waals surface area contributed by atoms with Gasteiger partial charge in [-0.25, -0.2) is 14.6 Å². The molecule has 3 N–H and O–H groups in total. The van der Waals surface area contributed by atoms with Gasteiger partial charge in [-0.3, -0.25) is 0 Å². The average molecular weight is 386 g/mol. The van der Waals surface area contributed by atoms with E-state index in [0.29, 0.717) is 29.2 Å². The third kappa shape index (κ3) is 3.10. The molecule has 3 aromatic carbocycles. The second-order valence-corrected chi connectivity index (χ2v) is 6.62. The molecule has 0 saturated carbocycles. The monoisotopic (exact) mass is 386 g/mol. The highest BCUT2D eigenvalue weighted by Gasteiger charge is 2.32. The molecule has 1 aliphatic rings. The first-order chi connectivity index (χ1) is 14.0. The number of carboxylic acids is 1. The van der Waals surface area contributed by atoms with Crippen molar-refractivity contribution in [3.8, 4) is 16.9 Å². The molecule has 1 unspecified atom stereocenters. The minimum atomic E-state index is -1.27. The zero-order chi connectivity index (χ0) is 20.5. The summed E-state index contributed by atoms with van der Waals surface area (Å²) in [6.45, 7) is 2.30. The molecule has 0 aromatic heterocycles. The third-order valence-corrected chi connectivity index (χ3v) is 4.93. The van der Waals surface area contributed by atoms with Crippen LogP contribution in [0.4, 0.5) is 5.69 Å². The molecule has 1 aliphatic heterocycles. The van der Waals surface area contributed by atoms with E-state index in [1.165, 1.54) is 0 Å². The quantitative estimate of drug-likeness (QED) is 0.667. The van der Waals surface area contributed by atoms with Gasteiger partial charge < -0.3 is 15.6 Å². The van der Waals surface area contributed by atoms with Crippen LogP contribution in [0, 0.1) is 0 Å². The van der Waals surface area contributed by atoms with Gasteiger partial charge in [0.2, 0.25) is 0 Å². The summed E-state index contributed by atoms with van der Waals surface area (Å²) in [6.07, 6.45) is 0. The van der Waals surface area contributed by atoms with Gasteiger partial charge in [0.15, 0.2) is 0 Å². The number of hydrogen-bond acceptors (Lipinski definition) is 5. The molecule has 4 rings (SSSR count). The van der Waals surface area contributed by atoms with Crippen LogP contribution in [-0.2, 0) is 9.59 Å². The highest BCUT2D eigenvalue weighted by atomic mass is 16.5. The summed E-state index contributed by atoms with van der Waals surface area (Å²) in [5.41, 5.74) is 8.10. The maximum Gasteiger partial charge on any atom is 0.352 e. The first-order valence-corrected chi connectivity index (χ1v) is 9.17. The van der Waals surface area contributed by atoms with Crippen LogP contribution in [-0.4, -0.2) is 35.4 Å². The molecule has 29 heavy (non-hydrogen) atoms. The number of carbonyl (C=O) groups excluding carboxylic acids is 1. The van der Waals surface area contributed by atoms with Gasteiger partial charge in [-0.2, -0.15) is 0 Å². The van der Waals surface area contributed by atoms with Crippen LogP contribution in [0.25, 0.3) is 27.5 Å².